The highest BCUT2D eigenvalue weighted by Gasteiger charge is 2.62. The lowest BCUT2D eigenvalue weighted by Gasteiger charge is -2.31. The van der Waals surface area contributed by atoms with Gasteiger partial charge in [-0.3, -0.25) is 24.2 Å². The molecule has 11 rings (SSSR count). The lowest BCUT2D eigenvalue weighted by Crippen LogP contribution is -2.49. The monoisotopic (exact) mass is 840 g/mol. The summed E-state index contributed by atoms with van der Waals surface area (Å²) in [6.45, 7) is 11.1. The first-order chi connectivity index (χ1) is 30.4. The number of pyridine rings is 1. The molecule has 2 N–H and O–H groups in total. The standard InChI is InChI=1S/C49H48N10O4/c1-7-39-31(5)37(12-15-50-39)32-8-10-42-34(23-32)25-43(58(42)49(26-30(49)4)46-51-47(61)63-53-46)45(60)55-17-14-40-38(27-55)44(59(52-40)36-21-28(2)20-29(3)22-36)57-19-18-56(48(57)62)35-9-11-41-33(24-35)13-16-54(41)6/h8-13,15-16,18-25,30,46,53H,7,14,17,26-27H2,1-6H3,(H,51,61)/t30-,46?,49+/m1/s1. The molecule has 2 amide bonds. The molecular formula is C49H48N10O4. The molecule has 5 aromatic heterocycles. The maximum absolute atomic E-state index is 15.4. The molecule has 14 heteroatoms. The average molecular weight is 841 g/mol. The van der Waals surface area contributed by atoms with Crippen LogP contribution in [0.15, 0.2) is 102 Å². The molecular weight excluding hydrogens is 793 g/mol. The molecule has 8 aromatic rings. The summed E-state index contributed by atoms with van der Waals surface area (Å²) in [5, 5.41) is 10.1. The Hall–Kier alpha value is -7.19. The predicted molar refractivity (Wildman–Crippen MR) is 240 cm³/mol. The largest absolute Gasteiger partial charge is 0.427 e. The zero-order chi connectivity index (χ0) is 43.5. The van der Waals surface area contributed by atoms with E-state index in [9.17, 15) is 9.59 Å². The van der Waals surface area contributed by atoms with Crippen molar-refractivity contribution >= 4 is 33.8 Å². The van der Waals surface area contributed by atoms with Gasteiger partial charge in [-0.1, -0.05) is 26.0 Å². The van der Waals surface area contributed by atoms with Gasteiger partial charge in [-0.15, -0.1) is 5.48 Å². The predicted octanol–water partition coefficient (Wildman–Crippen LogP) is 7.31. The summed E-state index contributed by atoms with van der Waals surface area (Å²) in [6, 6.07) is 24.7. The smallest absolute Gasteiger partial charge is 0.352 e. The quantitative estimate of drug-likeness (QED) is 0.164. The summed E-state index contributed by atoms with van der Waals surface area (Å²) in [4.78, 5) is 54.2. The molecule has 14 nitrogen and oxygen atoms in total. The fourth-order valence-corrected chi connectivity index (χ4v) is 10.4. The van der Waals surface area contributed by atoms with Crippen LogP contribution in [0.5, 0.6) is 0 Å². The third kappa shape index (κ3) is 5.99. The number of rotatable bonds is 8. The van der Waals surface area contributed by atoms with Gasteiger partial charge in [0.05, 0.1) is 29.2 Å². The fourth-order valence-electron chi connectivity index (χ4n) is 10.4. The van der Waals surface area contributed by atoms with Crippen LogP contribution in [0, 0.1) is 26.7 Å². The van der Waals surface area contributed by atoms with E-state index in [4.69, 9.17) is 9.94 Å². The molecule has 63 heavy (non-hydrogen) atoms. The summed E-state index contributed by atoms with van der Waals surface area (Å²) < 4.78 is 9.36. The lowest BCUT2D eigenvalue weighted by molar-refractivity contribution is 0.0709. The van der Waals surface area contributed by atoms with Gasteiger partial charge in [-0.25, -0.2) is 14.3 Å². The van der Waals surface area contributed by atoms with Crippen LogP contribution < -0.4 is 16.5 Å². The average Bonchev–Trinajstić information content (AvgIpc) is 3.89. The van der Waals surface area contributed by atoms with E-state index in [0.717, 1.165) is 90.8 Å². The van der Waals surface area contributed by atoms with E-state index in [1.54, 1.807) is 21.5 Å². The molecule has 0 spiro atoms. The summed E-state index contributed by atoms with van der Waals surface area (Å²) >= 11 is 0. The molecule has 3 atom stereocenters. The molecule has 7 heterocycles. The highest BCUT2D eigenvalue weighted by atomic mass is 16.7. The van der Waals surface area contributed by atoms with Gasteiger partial charge in [-0.05, 0) is 128 Å². The Bertz CT molecular complexity index is 3250. The highest BCUT2D eigenvalue weighted by molar-refractivity contribution is 6.00. The first-order valence-corrected chi connectivity index (χ1v) is 21.6. The Kier molecular flexibility index (Phi) is 8.71. The normalized spacial score (nSPS) is 19.5. The number of fused-ring (bicyclic) bond motifs is 3. The fraction of sp³-hybridized carbons (Fsp3) is 0.286. The second kappa shape index (κ2) is 14.2. The summed E-state index contributed by atoms with van der Waals surface area (Å²) in [5.41, 5.74) is 14.2. The number of hydrogen-bond acceptors (Lipinski definition) is 7. The van der Waals surface area contributed by atoms with Crippen LogP contribution in [0.3, 0.4) is 0 Å². The maximum atomic E-state index is 15.4. The van der Waals surface area contributed by atoms with Crippen molar-refractivity contribution in [3.63, 3.8) is 0 Å². The zero-order valence-corrected chi connectivity index (χ0v) is 36.1. The van der Waals surface area contributed by atoms with E-state index >= 15 is 4.79 Å². The van der Waals surface area contributed by atoms with Gasteiger partial charge in [0.1, 0.15) is 17.7 Å². The van der Waals surface area contributed by atoms with Crippen molar-refractivity contribution in [3.05, 3.63) is 147 Å². The molecule has 1 saturated heterocycles. The second-order valence-electron chi connectivity index (χ2n) is 17.6. The first kappa shape index (κ1) is 38.7. The van der Waals surface area contributed by atoms with Crippen molar-refractivity contribution in [3.8, 4) is 28.3 Å². The topological polar surface area (TPSA) is 138 Å². The number of aryl methyl sites for hydroxylation is 4. The van der Waals surface area contributed by atoms with Crippen LogP contribution in [0.2, 0.25) is 0 Å². The molecule has 3 aliphatic rings. The Morgan fingerprint density at radius 1 is 0.889 bits per heavy atom. The van der Waals surface area contributed by atoms with E-state index in [0.29, 0.717) is 24.5 Å². The third-order valence-electron chi connectivity index (χ3n) is 13.6. The molecule has 1 unspecified atom stereocenters. The van der Waals surface area contributed by atoms with Crippen molar-refractivity contribution < 1.29 is 14.4 Å². The molecule has 3 aromatic carbocycles. The Morgan fingerprint density at radius 2 is 1.67 bits per heavy atom. The second-order valence-corrected chi connectivity index (χ2v) is 17.6. The lowest BCUT2D eigenvalue weighted by atomic mass is 9.98. The van der Waals surface area contributed by atoms with Crippen LogP contribution in [0.4, 0.5) is 4.79 Å². The van der Waals surface area contributed by atoms with E-state index in [-0.39, 0.29) is 24.1 Å². The molecule has 318 valence electrons. The van der Waals surface area contributed by atoms with E-state index in [1.165, 1.54) is 0 Å². The minimum atomic E-state index is -0.665. The van der Waals surface area contributed by atoms with Gasteiger partial charge < -0.3 is 18.9 Å². The van der Waals surface area contributed by atoms with Gasteiger partial charge in [0.15, 0.2) is 0 Å². The van der Waals surface area contributed by atoms with Crippen LogP contribution >= 0.6 is 0 Å². The van der Waals surface area contributed by atoms with Gasteiger partial charge in [0.25, 0.3) is 5.91 Å². The van der Waals surface area contributed by atoms with E-state index in [1.807, 2.05) is 65.4 Å². The van der Waals surface area contributed by atoms with Gasteiger partial charge >= 0.3 is 11.8 Å². The third-order valence-corrected chi connectivity index (χ3v) is 13.6. The molecule has 2 aliphatic heterocycles. The number of imidazole rings is 1. The number of nitrogens with one attached hydrogen (secondary N) is 2. The van der Waals surface area contributed by atoms with Crippen LogP contribution in [0.25, 0.3) is 50.1 Å². The molecule has 2 fully saturated rings. The molecule has 0 radical (unpaired) electrons. The van der Waals surface area contributed by atoms with E-state index < -0.39 is 17.8 Å². The van der Waals surface area contributed by atoms with Crippen LogP contribution in [0.1, 0.15) is 64.4 Å². The minimum Gasteiger partial charge on any atom is -0.352 e. The van der Waals surface area contributed by atoms with Crippen molar-refractivity contribution in [1.82, 2.24) is 48.7 Å². The van der Waals surface area contributed by atoms with Gasteiger partial charge in [0, 0.05) is 77.9 Å². The van der Waals surface area contributed by atoms with E-state index in [2.05, 4.69) is 95.9 Å². The SMILES string of the molecule is CCc1nccc(-c2ccc3c(c2)cc(C(=O)N2CCc4nn(-c5cc(C)cc(C)c5)c(-n5ccn(-c6ccc7c(ccn7C)c6)c5=O)c4C2)n3[C@@]2(C3NOC(=O)N3)C[C@H]2C)c1C. The van der Waals surface area contributed by atoms with Crippen molar-refractivity contribution in [2.24, 2.45) is 13.0 Å². The van der Waals surface area contributed by atoms with Crippen LogP contribution in [-0.2, 0) is 36.8 Å². The molecule has 0 bridgehead atoms. The number of hydrogen-bond donors (Lipinski definition) is 2. The number of aromatic nitrogens is 7. The molecule has 1 saturated carbocycles. The Balaban J connectivity index is 1.04. The number of benzene rings is 3. The maximum Gasteiger partial charge on any atom is 0.427 e. The number of carbonyl (C=O) groups is 2. The van der Waals surface area contributed by atoms with Crippen molar-refractivity contribution in [2.75, 3.05) is 6.54 Å². The van der Waals surface area contributed by atoms with Crippen molar-refractivity contribution in [2.45, 2.75) is 72.1 Å². The Labute approximate surface area is 363 Å². The number of carbonyl (C=O) groups excluding carboxylic acids is 2. The zero-order valence-electron chi connectivity index (χ0n) is 36.1. The number of nitrogens with zero attached hydrogens (tertiary/aromatic N) is 8. The van der Waals surface area contributed by atoms with Gasteiger partial charge in [-0.2, -0.15) is 5.10 Å². The van der Waals surface area contributed by atoms with Gasteiger partial charge in [0.2, 0.25) is 0 Å². The minimum absolute atomic E-state index is 0.113. The van der Waals surface area contributed by atoms with Crippen LogP contribution in [-0.4, -0.2) is 62.6 Å². The number of hydroxylamine groups is 1. The highest BCUT2D eigenvalue weighted by Crippen LogP contribution is 2.55. The molecule has 1 aliphatic carbocycles. The van der Waals surface area contributed by atoms with Crippen molar-refractivity contribution in [1.29, 1.82) is 0 Å². The summed E-state index contributed by atoms with van der Waals surface area (Å²) in [6.07, 6.45) is 8.39. The Morgan fingerprint density at radius 3 is 2.41 bits per heavy atom. The number of amides is 2. The summed E-state index contributed by atoms with van der Waals surface area (Å²) in [5.74, 6) is 0.563. The first-order valence-electron chi connectivity index (χ1n) is 21.6. The summed E-state index contributed by atoms with van der Waals surface area (Å²) in [7, 11) is 2.00.